The molecule has 0 aliphatic heterocycles. The molecule has 0 radical (unpaired) electrons. The number of hydrogen-bond acceptors (Lipinski definition) is 3. The monoisotopic (exact) mass is 521 g/mol. The van der Waals surface area contributed by atoms with E-state index in [-0.39, 0.29) is 28.9 Å². The van der Waals surface area contributed by atoms with Crippen molar-refractivity contribution in [2.24, 2.45) is 17.3 Å². The summed E-state index contributed by atoms with van der Waals surface area (Å²) in [5, 5.41) is 10.9. The van der Waals surface area contributed by atoms with Gasteiger partial charge in [0.2, 0.25) is 0 Å². The largest absolute Gasteiger partial charge is 0.457 e. The number of aliphatic hydroxyl groups excluding tert-OH is 1. The molecular weight excluding hydrogens is 489 g/mol. The molecule has 2 saturated carbocycles. The van der Waals surface area contributed by atoms with Gasteiger partial charge in [-0.25, -0.2) is 8.78 Å². The van der Waals surface area contributed by atoms with Crippen LogP contribution in [0.15, 0.2) is 34.9 Å². The molecule has 37 heavy (non-hydrogen) atoms. The van der Waals surface area contributed by atoms with Crippen LogP contribution in [-0.4, -0.2) is 37.3 Å². The van der Waals surface area contributed by atoms with Crippen LogP contribution in [0.1, 0.15) is 63.4 Å². The van der Waals surface area contributed by atoms with E-state index in [1.54, 1.807) is 20.2 Å². The van der Waals surface area contributed by atoms with E-state index in [2.05, 4.69) is 13.3 Å². The number of halogens is 5. The Hall–Kier alpha value is -2.66. The lowest BCUT2D eigenvalue weighted by Crippen LogP contribution is -2.45. The highest BCUT2D eigenvalue weighted by Crippen LogP contribution is 2.63. The molecule has 1 N–H and O–H groups in total. The zero-order valence-corrected chi connectivity index (χ0v) is 21.3. The number of terminal acetylenes is 1. The summed E-state index contributed by atoms with van der Waals surface area (Å²) >= 11 is 0. The SMILES string of the molecule is C#CC(F)(F)F.CN(C)c1c(F)cc(C2CC3(C)C(O)CCC3C3CCC4=CC(=O)CCC4=C23)cc1F. The fourth-order valence-electron chi connectivity index (χ4n) is 7.15. The van der Waals surface area contributed by atoms with Crippen LogP contribution in [0.2, 0.25) is 0 Å². The Morgan fingerprint density at radius 3 is 2.27 bits per heavy atom. The van der Waals surface area contributed by atoms with Crippen LogP contribution in [0.5, 0.6) is 0 Å². The molecule has 0 aromatic heterocycles. The van der Waals surface area contributed by atoms with Crippen LogP contribution in [0.25, 0.3) is 0 Å². The van der Waals surface area contributed by atoms with Gasteiger partial charge in [0.25, 0.3) is 0 Å². The van der Waals surface area contributed by atoms with E-state index in [9.17, 15) is 31.9 Å². The van der Waals surface area contributed by atoms with E-state index in [0.29, 0.717) is 36.2 Å². The number of aliphatic hydroxyl groups is 1. The molecule has 1 aromatic rings. The van der Waals surface area contributed by atoms with Gasteiger partial charge in [-0.15, -0.1) is 6.42 Å². The highest BCUT2D eigenvalue weighted by molar-refractivity contribution is 5.93. The Balaban J connectivity index is 0.000000480. The molecule has 0 heterocycles. The number of ketones is 1. The average Bonchev–Trinajstić information content (AvgIpc) is 3.11. The Morgan fingerprint density at radius 1 is 1.08 bits per heavy atom. The standard InChI is InChI=1S/C26H31F2NO2.C3HF3/c1-26-13-19(15-11-21(27)25(29(2)3)22(28)12-15)24-17-7-5-16(30)10-14(17)4-6-18(24)20(26)8-9-23(26)31;1-2-3(4,5)6/h10-12,18-20,23,31H,4-9,13H2,1-3H3;1H. The number of allylic oxidation sites excluding steroid dienone is 4. The second-order valence-electron chi connectivity index (χ2n) is 11.0. The fraction of sp³-hybridized carbons (Fsp3) is 0.552. The van der Waals surface area contributed by atoms with Crippen LogP contribution in [0.3, 0.4) is 0 Å². The number of benzene rings is 1. The first-order valence-corrected chi connectivity index (χ1v) is 12.6. The molecule has 0 amide bonds. The van der Waals surface area contributed by atoms with E-state index in [4.69, 9.17) is 0 Å². The number of carbonyl (C=O) groups is 1. The van der Waals surface area contributed by atoms with Crippen molar-refractivity contribution in [1.82, 2.24) is 0 Å². The van der Waals surface area contributed by atoms with Gasteiger partial charge in [0.05, 0.1) is 6.10 Å². The van der Waals surface area contributed by atoms with Gasteiger partial charge in [0.1, 0.15) is 17.3 Å². The number of nitrogens with zero attached hydrogens (tertiary/aromatic N) is 1. The molecule has 2 fully saturated rings. The molecule has 0 saturated heterocycles. The highest BCUT2D eigenvalue weighted by Gasteiger charge is 2.56. The van der Waals surface area contributed by atoms with E-state index >= 15 is 0 Å². The first kappa shape index (κ1) is 27.4. The predicted octanol–water partition coefficient (Wildman–Crippen LogP) is 6.47. The first-order chi connectivity index (χ1) is 17.3. The van der Waals surface area contributed by atoms with Crippen molar-refractivity contribution in [3.8, 4) is 12.3 Å². The van der Waals surface area contributed by atoms with Gasteiger partial charge in [0.15, 0.2) is 5.78 Å². The van der Waals surface area contributed by atoms with Crippen LogP contribution < -0.4 is 4.90 Å². The smallest absolute Gasteiger partial charge is 0.393 e. The summed E-state index contributed by atoms with van der Waals surface area (Å²) in [4.78, 5) is 13.5. The third-order valence-electron chi connectivity index (χ3n) is 8.73. The maximum Gasteiger partial charge on any atom is 0.457 e. The summed E-state index contributed by atoms with van der Waals surface area (Å²) < 4.78 is 61.6. The van der Waals surface area contributed by atoms with Crippen LogP contribution in [0.4, 0.5) is 27.6 Å². The summed E-state index contributed by atoms with van der Waals surface area (Å²) in [5.41, 5.74) is 4.05. The van der Waals surface area contributed by atoms with Crippen LogP contribution >= 0.6 is 0 Å². The van der Waals surface area contributed by atoms with Gasteiger partial charge < -0.3 is 10.0 Å². The minimum Gasteiger partial charge on any atom is -0.393 e. The van der Waals surface area contributed by atoms with Gasteiger partial charge >= 0.3 is 6.18 Å². The van der Waals surface area contributed by atoms with Gasteiger partial charge in [-0.2, -0.15) is 13.2 Å². The number of carbonyl (C=O) groups excluding carboxylic acids is 1. The minimum atomic E-state index is -4.43. The molecular formula is C29H32F5NO2. The van der Waals surface area contributed by atoms with E-state index in [1.807, 2.05) is 0 Å². The normalized spacial score (nSPS) is 30.8. The molecule has 200 valence electrons. The molecule has 0 spiro atoms. The van der Waals surface area contributed by atoms with E-state index < -0.39 is 17.8 Å². The van der Waals surface area contributed by atoms with Crippen molar-refractivity contribution in [3.63, 3.8) is 0 Å². The molecule has 5 unspecified atom stereocenters. The molecule has 0 bridgehead atoms. The molecule has 3 nitrogen and oxygen atoms in total. The summed E-state index contributed by atoms with van der Waals surface area (Å²) in [6, 6.07) is 2.98. The zero-order valence-electron chi connectivity index (χ0n) is 21.3. The van der Waals surface area contributed by atoms with Crippen molar-refractivity contribution < 1.29 is 31.9 Å². The Labute approximate surface area is 214 Å². The molecule has 4 aliphatic rings. The quantitative estimate of drug-likeness (QED) is 0.358. The van der Waals surface area contributed by atoms with Crippen LogP contribution in [0, 0.1) is 41.2 Å². The zero-order chi connectivity index (χ0) is 27.3. The fourth-order valence-corrected chi connectivity index (χ4v) is 7.15. The number of anilines is 1. The molecule has 4 aliphatic carbocycles. The third-order valence-corrected chi connectivity index (χ3v) is 8.73. The van der Waals surface area contributed by atoms with Gasteiger partial charge in [-0.3, -0.25) is 4.79 Å². The lowest BCUT2D eigenvalue weighted by Gasteiger charge is -2.52. The van der Waals surface area contributed by atoms with Crippen molar-refractivity contribution >= 4 is 11.5 Å². The lowest BCUT2D eigenvalue weighted by atomic mass is 9.53. The number of hydrogen-bond donors (Lipinski definition) is 1. The summed E-state index contributed by atoms with van der Waals surface area (Å²) in [6.07, 6.45) is 6.45. The summed E-state index contributed by atoms with van der Waals surface area (Å²) in [7, 11) is 3.28. The molecule has 5 atom stereocenters. The molecule has 5 rings (SSSR count). The minimum absolute atomic E-state index is 0.0220. The number of alkyl halides is 3. The van der Waals surface area contributed by atoms with Crippen molar-refractivity contribution in [2.45, 2.75) is 70.1 Å². The van der Waals surface area contributed by atoms with Gasteiger partial charge in [-0.1, -0.05) is 12.5 Å². The van der Waals surface area contributed by atoms with E-state index in [0.717, 1.165) is 37.7 Å². The predicted molar refractivity (Wildman–Crippen MR) is 132 cm³/mol. The maximum absolute atomic E-state index is 15.0. The highest BCUT2D eigenvalue weighted by atomic mass is 19.4. The number of fused-ring (bicyclic) bond motifs is 4. The van der Waals surface area contributed by atoms with Crippen molar-refractivity contribution in [3.05, 3.63) is 52.1 Å². The van der Waals surface area contributed by atoms with Crippen molar-refractivity contribution in [1.29, 1.82) is 0 Å². The average molecular weight is 522 g/mol. The Morgan fingerprint density at radius 2 is 1.70 bits per heavy atom. The summed E-state index contributed by atoms with van der Waals surface area (Å²) in [5.74, 6) is 0.244. The molecule has 8 heteroatoms. The van der Waals surface area contributed by atoms with Crippen molar-refractivity contribution in [2.75, 3.05) is 19.0 Å². The van der Waals surface area contributed by atoms with Gasteiger partial charge in [0, 0.05) is 32.4 Å². The second kappa shape index (κ2) is 9.90. The van der Waals surface area contributed by atoms with Crippen LogP contribution in [-0.2, 0) is 4.79 Å². The van der Waals surface area contributed by atoms with E-state index in [1.165, 1.54) is 28.2 Å². The third kappa shape index (κ3) is 5.07. The van der Waals surface area contributed by atoms with Gasteiger partial charge in [-0.05, 0) is 90.7 Å². The topological polar surface area (TPSA) is 40.5 Å². The Bertz CT molecular complexity index is 1170. The first-order valence-electron chi connectivity index (χ1n) is 12.6. The number of rotatable bonds is 2. The molecule has 1 aromatic carbocycles. The lowest BCUT2D eigenvalue weighted by molar-refractivity contribution is -0.114. The Kier molecular flexibility index (Phi) is 7.33. The summed E-state index contributed by atoms with van der Waals surface area (Å²) in [6.45, 7) is 2.17. The second-order valence-corrected chi connectivity index (χ2v) is 11.0. The maximum atomic E-state index is 15.0.